The van der Waals surface area contributed by atoms with Crippen molar-refractivity contribution in [2.75, 3.05) is 27.2 Å². The summed E-state index contributed by atoms with van der Waals surface area (Å²) >= 11 is 0. The van der Waals surface area contributed by atoms with Crippen molar-refractivity contribution in [2.45, 2.75) is 51.5 Å². The lowest BCUT2D eigenvalue weighted by Gasteiger charge is -2.35. The highest BCUT2D eigenvalue weighted by atomic mass is 16.5. The van der Waals surface area contributed by atoms with Gasteiger partial charge in [-0.15, -0.1) is 0 Å². The number of nitrogens with zero attached hydrogens (tertiary/aromatic N) is 3. The van der Waals surface area contributed by atoms with E-state index in [0.29, 0.717) is 48.1 Å². The third kappa shape index (κ3) is 6.06. The zero-order valence-electron chi connectivity index (χ0n) is 20.8. The summed E-state index contributed by atoms with van der Waals surface area (Å²) in [5, 5.41) is 4.13. The van der Waals surface area contributed by atoms with Gasteiger partial charge in [-0.3, -0.25) is 9.59 Å². The number of methoxy groups -OCH3 is 1. The average Bonchev–Trinajstić information content (AvgIpc) is 3.34. The van der Waals surface area contributed by atoms with Crippen molar-refractivity contribution in [3.8, 4) is 17.2 Å². The second kappa shape index (κ2) is 11.4. The summed E-state index contributed by atoms with van der Waals surface area (Å²) in [6.07, 6.45) is 6.20. The van der Waals surface area contributed by atoms with Crippen molar-refractivity contribution < 1.29 is 18.7 Å². The summed E-state index contributed by atoms with van der Waals surface area (Å²) in [5.74, 6) is 1.79. The molecule has 1 aliphatic rings. The first-order chi connectivity index (χ1) is 17.0. The van der Waals surface area contributed by atoms with Gasteiger partial charge in [0.05, 0.1) is 30.3 Å². The normalized spacial score (nSPS) is 15.1. The van der Waals surface area contributed by atoms with E-state index in [4.69, 9.17) is 9.15 Å². The highest BCUT2D eigenvalue weighted by molar-refractivity contribution is 5.85. The van der Waals surface area contributed by atoms with Crippen LogP contribution in [0.2, 0.25) is 0 Å². The van der Waals surface area contributed by atoms with Gasteiger partial charge >= 0.3 is 0 Å². The van der Waals surface area contributed by atoms with E-state index in [9.17, 15) is 9.59 Å². The number of nitrogens with one attached hydrogen (secondary N) is 1. The van der Waals surface area contributed by atoms with E-state index in [1.54, 1.807) is 13.3 Å². The number of fused-ring (bicyclic) bond motifs is 1. The zero-order valence-corrected chi connectivity index (χ0v) is 20.8. The first-order valence-electron chi connectivity index (χ1n) is 12.4. The van der Waals surface area contributed by atoms with Crippen LogP contribution in [-0.2, 0) is 9.59 Å². The van der Waals surface area contributed by atoms with Gasteiger partial charge in [0.2, 0.25) is 17.7 Å². The second-order valence-corrected chi connectivity index (χ2v) is 9.27. The van der Waals surface area contributed by atoms with E-state index in [1.165, 1.54) is 0 Å². The molecule has 1 aromatic carbocycles. The summed E-state index contributed by atoms with van der Waals surface area (Å²) in [4.78, 5) is 35.6. The Hall–Kier alpha value is -3.26. The molecule has 2 aromatic heterocycles. The summed E-state index contributed by atoms with van der Waals surface area (Å²) in [7, 11) is 3.59. The Morgan fingerprint density at radius 1 is 1.23 bits per heavy atom. The quantitative estimate of drug-likeness (QED) is 0.382. The number of Topliss-reactive ketones (excluding diaryl/α,β-unsaturated/α-hetero) is 1. The Bertz CT molecular complexity index is 1170. The van der Waals surface area contributed by atoms with Gasteiger partial charge in [-0.05, 0) is 32.0 Å². The topological polar surface area (TPSA) is 97.6 Å². The first kappa shape index (κ1) is 24.9. The number of unbranched alkanes of at least 4 members (excludes halogenated alkanes) is 2. The number of benzene rings is 1. The molecule has 0 radical (unpaired) electrons. The molecule has 1 saturated heterocycles. The summed E-state index contributed by atoms with van der Waals surface area (Å²) in [5.41, 5.74) is 1.55. The zero-order chi connectivity index (χ0) is 24.8. The molecule has 1 amide bonds. The minimum Gasteiger partial charge on any atom is -0.480 e. The minimum atomic E-state index is -0.330. The number of carbonyl (C=O) groups is 2. The summed E-state index contributed by atoms with van der Waals surface area (Å²) in [6, 6.07) is 9.47. The number of oxazole rings is 1. The number of rotatable bonds is 12. The molecule has 3 heterocycles. The molecule has 0 spiro atoms. The monoisotopic (exact) mass is 478 g/mol. The van der Waals surface area contributed by atoms with Gasteiger partial charge in [-0.25, -0.2) is 9.97 Å². The van der Waals surface area contributed by atoms with Gasteiger partial charge in [-0.2, -0.15) is 0 Å². The van der Waals surface area contributed by atoms with E-state index >= 15 is 0 Å². The van der Waals surface area contributed by atoms with Crippen molar-refractivity contribution in [3.63, 3.8) is 0 Å². The van der Waals surface area contributed by atoms with Crippen molar-refractivity contribution in [3.05, 3.63) is 42.4 Å². The minimum absolute atomic E-state index is 0.0103. The Labute approximate surface area is 206 Å². The van der Waals surface area contributed by atoms with E-state index in [1.807, 2.05) is 44.3 Å². The molecule has 0 saturated carbocycles. The molecule has 1 fully saturated rings. The van der Waals surface area contributed by atoms with Gasteiger partial charge in [-0.1, -0.05) is 38.0 Å². The third-order valence-corrected chi connectivity index (χ3v) is 6.56. The molecule has 35 heavy (non-hydrogen) atoms. The maximum absolute atomic E-state index is 12.8. The van der Waals surface area contributed by atoms with E-state index in [-0.39, 0.29) is 17.9 Å². The number of pyridine rings is 1. The first-order valence-corrected chi connectivity index (χ1v) is 12.4. The van der Waals surface area contributed by atoms with Gasteiger partial charge in [0.15, 0.2) is 5.76 Å². The number of carbonyl (C=O) groups excluding carboxylic acids is 2. The Kier molecular flexibility index (Phi) is 8.13. The van der Waals surface area contributed by atoms with Gasteiger partial charge in [0.25, 0.3) is 0 Å². The number of ether oxygens (including phenoxy) is 1. The predicted molar refractivity (Wildman–Crippen MR) is 134 cm³/mol. The largest absolute Gasteiger partial charge is 0.480 e. The van der Waals surface area contributed by atoms with Crippen LogP contribution in [0.3, 0.4) is 0 Å². The number of amides is 1. The lowest BCUT2D eigenvalue weighted by molar-refractivity contribution is -0.130. The van der Waals surface area contributed by atoms with Crippen LogP contribution in [0.15, 0.2) is 40.9 Å². The average molecular weight is 479 g/mol. The Morgan fingerprint density at radius 2 is 2.03 bits per heavy atom. The predicted octanol–water partition coefficient (Wildman–Crippen LogP) is 4.55. The molecule has 0 unspecified atom stereocenters. The molecule has 0 aliphatic carbocycles. The van der Waals surface area contributed by atoms with Crippen LogP contribution in [-0.4, -0.2) is 53.8 Å². The smallest absolute Gasteiger partial charge is 0.226 e. The molecule has 1 aliphatic heterocycles. The van der Waals surface area contributed by atoms with Crippen molar-refractivity contribution in [1.82, 2.24) is 20.2 Å². The number of hydrogen-bond donors (Lipinski definition) is 1. The molecule has 186 valence electrons. The van der Waals surface area contributed by atoms with Gasteiger partial charge < -0.3 is 19.4 Å². The number of para-hydroxylation sites is 1. The summed E-state index contributed by atoms with van der Waals surface area (Å²) in [6.45, 7) is 3.41. The van der Waals surface area contributed by atoms with Gasteiger partial charge in [0.1, 0.15) is 11.8 Å². The molecule has 8 heteroatoms. The number of aromatic nitrogens is 2. The Balaban J connectivity index is 1.51. The molecule has 8 nitrogen and oxygen atoms in total. The van der Waals surface area contributed by atoms with Crippen molar-refractivity contribution >= 4 is 22.6 Å². The number of hydrogen-bond acceptors (Lipinski definition) is 7. The van der Waals surface area contributed by atoms with Crippen molar-refractivity contribution in [1.29, 1.82) is 0 Å². The van der Waals surface area contributed by atoms with Gasteiger partial charge in [0, 0.05) is 31.3 Å². The van der Waals surface area contributed by atoms with E-state index < -0.39 is 0 Å². The lowest BCUT2D eigenvalue weighted by atomic mass is 9.99. The lowest BCUT2D eigenvalue weighted by Crippen LogP contribution is -2.52. The molecular formula is C27H34N4O4. The SMILES string of the molecule is CCC(=O)CCCCC[C@H](NC(=O)C1CN(C)C1)c1ncc(-c2cc3ccccc3nc2OC)o1. The van der Waals surface area contributed by atoms with E-state index in [2.05, 4.69) is 20.2 Å². The highest BCUT2D eigenvalue weighted by Gasteiger charge is 2.32. The van der Waals surface area contributed by atoms with Crippen LogP contribution in [0.5, 0.6) is 5.88 Å². The highest BCUT2D eigenvalue weighted by Crippen LogP contribution is 2.33. The molecule has 3 aromatic rings. The maximum Gasteiger partial charge on any atom is 0.226 e. The molecule has 4 rings (SSSR count). The summed E-state index contributed by atoms with van der Waals surface area (Å²) < 4.78 is 11.7. The second-order valence-electron chi connectivity index (χ2n) is 9.27. The van der Waals surface area contributed by atoms with Crippen LogP contribution < -0.4 is 10.1 Å². The van der Waals surface area contributed by atoms with Crippen molar-refractivity contribution in [2.24, 2.45) is 5.92 Å². The number of ketones is 1. The van der Waals surface area contributed by atoms with Crippen LogP contribution in [0, 0.1) is 5.92 Å². The molecule has 1 N–H and O–H groups in total. The van der Waals surface area contributed by atoms with Crippen LogP contribution in [0.4, 0.5) is 0 Å². The third-order valence-electron chi connectivity index (χ3n) is 6.56. The van der Waals surface area contributed by atoms with E-state index in [0.717, 1.165) is 43.3 Å². The Morgan fingerprint density at radius 3 is 2.77 bits per heavy atom. The maximum atomic E-state index is 12.8. The molecule has 1 atom stereocenters. The molecule has 0 bridgehead atoms. The van der Waals surface area contributed by atoms with Crippen LogP contribution in [0.1, 0.15) is 57.4 Å². The standard InChI is InChI=1S/C27H34N4O4/c1-4-20(32)11-6-5-7-13-23(29-25(33)19-16-31(2)17-19)27-28-15-24(35-27)21-14-18-10-8-9-12-22(18)30-26(21)34-3/h8-10,12,14-15,19,23H,4-7,11,13,16-17H2,1-3H3,(H,29,33)/t23-/m0/s1. The fourth-order valence-corrected chi connectivity index (χ4v) is 4.44. The fraction of sp³-hybridized carbons (Fsp3) is 0.481. The number of likely N-dealkylation sites (tertiary alicyclic amines) is 1. The van der Waals surface area contributed by atoms with Crippen LogP contribution in [0.25, 0.3) is 22.2 Å². The van der Waals surface area contributed by atoms with Crippen LogP contribution >= 0.6 is 0 Å². The molecular weight excluding hydrogens is 444 g/mol. The fourth-order valence-electron chi connectivity index (χ4n) is 4.44.